The van der Waals surface area contributed by atoms with Crippen LogP contribution in [0.15, 0.2) is 6.07 Å². The van der Waals surface area contributed by atoms with Crippen molar-refractivity contribution in [3.63, 3.8) is 0 Å². The lowest BCUT2D eigenvalue weighted by Gasteiger charge is -2.13. The van der Waals surface area contributed by atoms with Gasteiger partial charge in [-0.3, -0.25) is 0 Å². The average molecular weight is 261 g/mol. The predicted molar refractivity (Wildman–Crippen MR) is 77.6 cm³/mol. The molecule has 0 bridgehead atoms. The fourth-order valence-electron chi connectivity index (χ4n) is 2.65. The highest BCUT2D eigenvalue weighted by atomic mass is 15.1. The lowest BCUT2D eigenvalue weighted by atomic mass is 10.1. The Hall–Kier alpha value is -1.36. The quantitative estimate of drug-likeness (QED) is 0.846. The van der Waals surface area contributed by atoms with Gasteiger partial charge in [0, 0.05) is 32.1 Å². The molecule has 5 heteroatoms. The molecule has 1 aromatic rings. The van der Waals surface area contributed by atoms with Gasteiger partial charge in [0.25, 0.3) is 0 Å². The second-order valence-electron chi connectivity index (χ2n) is 5.82. The molecule has 2 heterocycles. The van der Waals surface area contributed by atoms with Gasteiger partial charge >= 0.3 is 0 Å². The van der Waals surface area contributed by atoms with Crippen LogP contribution in [-0.4, -0.2) is 48.6 Å². The molecule has 2 fully saturated rings. The molecular weight excluding hydrogens is 238 g/mol. The van der Waals surface area contributed by atoms with E-state index in [9.17, 15) is 0 Å². The molecule has 1 atom stereocenters. The summed E-state index contributed by atoms with van der Waals surface area (Å²) in [6.45, 7) is 3.41. The number of anilines is 2. The largest absolute Gasteiger partial charge is 0.373 e. The van der Waals surface area contributed by atoms with Gasteiger partial charge in [-0.1, -0.05) is 0 Å². The average Bonchev–Trinajstić information content (AvgIpc) is 3.19. The summed E-state index contributed by atoms with van der Waals surface area (Å²) in [6, 6.07) is 2.00. The first-order valence-corrected chi connectivity index (χ1v) is 7.23. The van der Waals surface area contributed by atoms with Crippen molar-refractivity contribution in [3.05, 3.63) is 11.9 Å². The van der Waals surface area contributed by atoms with Crippen LogP contribution in [0.25, 0.3) is 0 Å². The van der Waals surface area contributed by atoms with E-state index in [2.05, 4.69) is 32.5 Å². The third kappa shape index (κ3) is 3.15. The number of aromatic nitrogens is 2. The molecule has 1 aliphatic carbocycles. The van der Waals surface area contributed by atoms with Crippen LogP contribution in [0.3, 0.4) is 0 Å². The molecule has 1 aliphatic heterocycles. The molecular formula is C14H23N5. The topological polar surface area (TPSA) is 53.1 Å². The van der Waals surface area contributed by atoms with E-state index >= 15 is 0 Å². The van der Waals surface area contributed by atoms with Crippen molar-refractivity contribution in [2.45, 2.75) is 25.2 Å². The van der Waals surface area contributed by atoms with Crippen LogP contribution in [0.2, 0.25) is 0 Å². The smallest absolute Gasteiger partial charge is 0.136 e. The van der Waals surface area contributed by atoms with Crippen LogP contribution in [0.4, 0.5) is 11.6 Å². The van der Waals surface area contributed by atoms with Crippen LogP contribution in [0.5, 0.6) is 0 Å². The number of hydrogen-bond acceptors (Lipinski definition) is 5. The third-order valence-electron chi connectivity index (χ3n) is 4.00. The number of hydrogen-bond donors (Lipinski definition) is 2. The lowest BCUT2D eigenvalue weighted by molar-refractivity contribution is 0.399. The zero-order valence-electron chi connectivity index (χ0n) is 11.8. The van der Waals surface area contributed by atoms with Crippen molar-refractivity contribution in [3.8, 4) is 0 Å². The summed E-state index contributed by atoms with van der Waals surface area (Å²) in [4.78, 5) is 11.6. The minimum atomic E-state index is 0.589. The molecule has 2 N–H and O–H groups in total. The molecule has 1 unspecified atom stereocenters. The Morgan fingerprint density at radius 1 is 1.26 bits per heavy atom. The van der Waals surface area contributed by atoms with E-state index in [0.29, 0.717) is 5.92 Å². The Balaban J connectivity index is 1.64. The highest BCUT2D eigenvalue weighted by Crippen LogP contribution is 2.38. The second kappa shape index (κ2) is 5.33. The van der Waals surface area contributed by atoms with Crippen LogP contribution in [0, 0.1) is 5.92 Å². The van der Waals surface area contributed by atoms with E-state index in [-0.39, 0.29) is 0 Å². The maximum atomic E-state index is 4.65. The van der Waals surface area contributed by atoms with Crippen LogP contribution in [-0.2, 0) is 0 Å². The Morgan fingerprint density at radius 2 is 2.05 bits per heavy atom. The maximum absolute atomic E-state index is 4.65. The summed E-state index contributed by atoms with van der Waals surface area (Å²) < 4.78 is 0. The molecule has 0 amide bonds. The number of rotatable bonds is 5. The minimum Gasteiger partial charge on any atom is -0.373 e. The zero-order chi connectivity index (χ0) is 13.2. The van der Waals surface area contributed by atoms with Crippen LogP contribution < -0.4 is 10.6 Å². The molecule has 5 nitrogen and oxygen atoms in total. The molecule has 104 valence electrons. The molecule has 1 saturated heterocycles. The van der Waals surface area contributed by atoms with Crippen molar-refractivity contribution in [1.82, 2.24) is 14.9 Å². The van der Waals surface area contributed by atoms with Gasteiger partial charge in [0.15, 0.2) is 0 Å². The molecule has 1 aromatic heterocycles. The summed E-state index contributed by atoms with van der Waals surface area (Å²) in [5.74, 6) is 4.21. The third-order valence-corrected chi connectivity index (χ3v) is 4.00. The van der Waals surface area contributed by atoms with E-state index < -0.39 is 0 Å². The van der Waals surface area contributed by atoms with E-state index in [4.69, 9.17) is 0 Å². The number of nitrogens with one attached hydrogen (secondary N) is 2. The predicted octanol–water partition coefficient (Wildman–Crippen LogP) is 1.76. The molecule has 0 spiro atoms. The molecule has 2 aliphatic rings. The zero-order valence-corrected chi connectivity index (χ0v) is 11.8. The Morgan fingerprint density at radius 3 is 2.68 bits per heavy atom. The van der Waals surface area contributed by atoms with Gasteiger partial charge in [-0.05, 0) is 38.8 Å². The SMILES string of the molecule is CNc1cc(NCC2CCN(C)C2)nc(C2CC2)n1. The highest BCUT2D eigenvalue weighted by Gasteiger charge is 2.27. The minimum absolute atomic E-state index is 0.589. The Labute approximate surface area is 114 Å². The van der Waals surface area contributed by atoms with Gasteiger partial charge in [0.05, 0.1) is 0 Å². The van der Waals surface area contributed by atoms with Crippen molar-refractivity contribution >= 4 is 11.6 Å². The summed E-state index contributed by atoms with van der Waals surface area (Å²) in [6.07, 6.45) is 3.75. The lowest BCUT2D eigenvalue weighted by Crippen LogP contribution is -2.19. The fourth-order valence-corrected chi connectivity index (χ4v) is 2.65. The van der Waals surface area contributed by atoms with Crippen molar-refractivity contribution < 1.29 is 0 Å². The van der Waals surface area contributed by atoms with Gasteiger partial charge < -0.3 is 15.5 Å². The summed E-state index contributed by atoms with van der Waals surface area (Å²) in [7, 11) is 4.10. The van der Waals surface area contributed by atoms with Crippen LogP contribution >= 0.6 is 0 Å². The van der Waals surface area contributed by atoms with Gasteiger partial charge in [0.1, 0.15) is 17.5 Å². The molecule has 19 heavy (non-hydrogen) atoms. The maximum Gasteiger partial charge on any atom is 0.136 e. The number of likely N-dealkylation sites (tertiary alicyclic amines) is 1. The Kier molecular flexibility index (Phi) is 3.55. The first-order chi connectivity index (χ1) is 9.24. The normalized spacial score (nSPS) is 23.6. The van der Waals surface area contributed by atoms with Gasteiger partial charge in [0.2, 0.25) is 0 Å². The first-order valence-electron chi connectivity index (χ1n) is 7.23. The molecule has 0 aromatic carbocycles. The monoisotopic (exact) mass is 261 g/mol. The summed E-state index contributed by atoms with van der Waals surface area (Å²) in [5, 5.41) is 6.61. The fraction of sp³-hybridized carbons (Fsp3) is 0.714. The first kappa shape index (κ1) is 12.7. The number of nitrogens with zero attached hydrogens (tertiary/aromatic N) is 3. The molecule has 1 saturated carbocycles. The van der Waals surface area contributed by atoms with Crippen molar-refractivity contribution in [1.29, 1.82) is 0 Å². The second-order valence-corrected chi connectivity index (χ2v) is 5.82. The highest BCUT2D eigenvalue weighted by molar-refractivity contribution is 5.47. The van der Waals surface area contributed by atoms with Gasteiger partial charge in [-0.15, -0.1) is 0 Å². The molecule has 3 rings (SSSR count). The van der Waals surface area contributed by atoms with Gasteiger partial charge in [-0.25, -0.2) is 9.97 Å². The Bertz CT molecular complexity index is 443. The molecule has 0 radical (unpaired) electrons. The van der Waals surface area contributed by atoms with Crippen molar-refractivity contribution in [2.24, 2.45) is 5.92 Å². The van der Waals surface area contributed by atoms with E-state index in [1.807, 2.05) is 13.1 Å². The van der Waals surface area contributed by atoms with Crippen molar-refractivity contribution in [2.75, 3.05) is 44.4 Å². The van der Waals surface area contributed by atoms with E-state index in [0.717, 1.165) is 29.9 Å². The summed E-state index contributed by atoms with van der Waals surface area (Å²) in [5.41, 5.74) is 0. The summed E-state index contributed by atoms with van der Waals surface area (Å²) >= 11 is 0. The standard InChI is InChI=1S/C14H23N5/c1-15-12-7-13(18-14(17-12)11-3-4-11)16-8-10-5-6-19(2)9-10/h7,10-11H,3-6,8-9H2,1-2H3,(H2,15,16,17,18). The van der Waals surface area contributed by atoms with E-state index in [1.165, 1.54) is 32.4 Å². The van der Waals surface area contributed by atoms with E-state index in [1.54, 1.807) is 0 Å². The van der Waals surface area contributed by atoms with Crippen LogP contribution in [0.1, 0.15) is 31.0 Å². The van der Waals surface area contributed by atoms with Gasteiger partial charge in [-0.2, -0.15) is 0 Å².